The predicted octanol–water partition coefficient (Wildman–Crippen LogP) is 0.710. The number of rotatable bonds is 5. The number of ketones is 1. The normalized spacial score (nSPS) is 11.2. The number of hydrogen-bond acceptors (Lipinski definition) is 5. The third-order valence-electron chi connectivity index (χ3n) is 2.81. The average Bonchev–Trinajstić information content (AvgIpc) is 2.32. The van der Waals surface area contributed by atoms with E-state index in [1.807, 2.05) is 0 Å². The molecule has 0 N–H and O–H groups in total. The summed E-state index contributed by atoms with van der Waals surface area (Å²) in [6, 6.07) is 1.34. The van der Waals surface area contributed by atoms with Gasteiger partial charge in [0.1, 0.15) is 5.41 Å². The second-order valence-electron chi connectivity index (χ2n) is 4.77. The summed E-state index contributed by atoms with van der Waals surface area (Å²) in [7, 11) is 0. The van der Waals surface area contributed by atoms with Crippen LogP contribution in [0.25, 0.3) is 0 Å². The number of ether oxygens (including phenoxy) is 1. The third kappa shape index (κ3) is 3.49. The van der Waals surface area contributed by atoms with Crippen molar-refractivity contribution in [1.29, 1.82) is 0 Å². The number of carbonyl (C=O) groups excluding carboxylic acids is 2. The highest BCUT2D eigenvalue weighted by atomic mass is 16.5. The minimum atomic E-state index is -1.28. The van der Waals surface area contributed by atoms with Gasteiger partial charge in [-0.15, -0.1) is 0 Å². The van der Waals surface area contributed by atoms with E-state index in [9.17, 15) is 14.4 Å². The summed E-state index contributed by atoms with van der Waals surface area (Å²) >= 11 is 0. The Morgan fingerprint density at radius 2 is 2.05 bits per heavy atom. The van der Waals surface area contributed by atoms with Gasteiger partial charge in [0, 0.05) is 11.8 Å². The molecule has 0 fully saturated rings. The largest absolute Gasteiger partial charge is 0.465 e. The first-order valence-electron chi connectivity index (χ1n) is 6.02. The predicted molar refractivity (Wildman–Crippen MR) is 68.7 cm³/mol. The first kappa shape index (κ1) is 15.1. The van der Waals surface area contributed by atoms with Crippen LogP contribution in [0.2, 0.25) is 0 Å². The first-order valence-corrected chi connectivity index (χ1v) is 6.02. The van der Waals surface area contributed by atoms with Crippen LogP contribution in [0.15, 0.2) is 17.2 Å². The van der Waals surface area contributed by atoms with Gasteiger partial charge >= 0.3 is 5.97 Å². The summed E-state index contributed by atoms with van der Waals surface area (Å²) < 4.78 is 6.03. The Kier molecular flexibility index (Phi) is 4.58. The molecule has 104 valence electrons. The number of hydrogen-bond donors (Lipinski definition) is 0. The molecule has 6 nitrogen and oxygen atoms in total. The lowest BCUT2D eigenvalue weighted by Crippen LogP contribution is -2.39. The van der Waals surface area contributed by atoms with Gasteiger partial charge in [0.25, 0.3) is 5.56 Å². The van der Waals surface area contributed by atoms with Gasteiger partial charge in [-0.25, -0.2) is 4.98 Å². The lowest BCUT2D eigenvalue weighted by atomic mass is 9.88. The maximum Gasteiger partial charge on any atom is 0.319 e. The third-order valence-corrected chi connectivity index (χ3v) is 2.81. The van der Waals surface area contributed by atoms with Gasteiger partial charge in [-0.2, -0.15) is 0 Å². The van der Waals surface area contributed by atoms with Crippen molar-refractivity contribution in [2.75, 3.05) is 6.61 Å². The Balaban J connectivity index is 2.90. The van der Waals surface area contributed by atoms with Crippen LogP contribution in [0.1, 0.15) is 26.5 Å². The molecule has 0 aliphatic heterocycles. The van der Waals surface area contributed by atoms with Gasteiger partial charge in [-0.05, 0) is 27.7 Å². The topological polar surface area (TPSA) is 78.3 Å². The highest BCUT2D eigenvalue weighted by molar-refractivity contribution is 6.02. The van der Waals surface area contributed by atoms with E-state index < -0.39 is 17.2 Å². The lowest BCUT2D eigenvalue weighted by molar-refractivity contribution is -0.158. The van der Waals surface area contributed by atoms with E-state index >= 15 is 0 Å². The number of carbonyl (C=O) groups is 2. The summed E-state index contributed by atoms with van der Waals surface area (Å²) in [4.78, 5) is 39.4. The van der Waals surface area contributed by atoms with Crippen molar-refractivity contribution in [1.82, 2.24) is 9.55 Å². The smallest absolute Gasteiger partial charge is 0.319 e. The second kappa shape index (κ2) is 5.77. The van der Waals surface area contributed by atoms with Crippen LogP contribution in [-0.2, 0) is 20.9 Å². The number of nitrogens with zero attached hydrogens (tertiary/aromatic N) is 2. The minimum Gasteiger partial charge on any atom is -0.465 e. The maximum atomic E-state index is 12.1. The van der Waals surface area contributed by atoms with Crippen LogP contribution < -0.4 is 5.56 Å². The van der Waals surface area contributed by atoms with Gasteiger partial charge in [0.05, 0.1) is 19.5 Å². The van der Waals surface area contributed by atoms with Crippen LogP contribution in [0.3, 0.4) is 0 Å². The summed E-state index contributed by atoms with van der Waals surface area (Å²) in [5.74, 6) is -0.980. The molecule has 19 heavy (non-hydrogen) atoms. The average molecular weight is 266 g/mol. The van der Waals surface area contributed by atoms with Crippen LogP contribution >= 0.6 is 0 Å². The molecule has 1 heterocycles. The van der Waals surface area contributed by atoms with Crippen molar-refractivity contribution in [3.8, 4) is 0 Å². The molecule has 0 bridgehead atoms. The zero-order chi connectivity index (χ0) is 14.6. The molecule has 1 aromatic rings. The molecule has 0 amide bonds. The van der Waals surface area contributed by atoms with Crippen LogP contribution in [0, 0.1) is 12.3 Å². The van der Waals surface area contributed by atoms with Crippen molar-refractivity contribution < 1.29 is 14.3 Å². The highest BCUT2D eigenvalue weighted by Crippen LogP contribution is 2.19. The molecule has 0 radical (unpaired) electrons. The van der Waals surface area contributed by atoms with E-state index in [-0.39, 0.29) is 18.7 Å². The van der Waals surface area contributed by atoms with Crippen molar-refractivity contribution in [3.05, 3.63) is 28.4 Å². The van der Waals surface area contributed by atoms with Crippen LogP contribution in [0.4, 0.5) is 0 Å². The van der Waals surface area contributed by atoms with E-state index in [0.717, 1.165) is 0 Å². The minimum absolute atomic E-state index is 0.197. The van der Waals surface area contributed by atoms with Gasteiger partial charge in [-0.1, -0.05) is 0 Å². The Bertz CT molecular complexity index is 546. The number of aryl methyl sites for hydroxylation is 1. The molecule has 0 aliphatic rings. The zero-order valence-corrected chi connectivity index (χ0v) is 11.6. The van der Waals surface area contributed by atoms with E-state index in [4.69, 9.17) is 4.74 Å². The SMILES string of the molecule is CCOC(=O)C(C)(C)C(=O)Cn1cnc(C)cc1=O. The molecular formula is C13H18N2O4. The molecule has 0 atom stereocenters. The first-order chi connectivity index (χ1) is 8.78. The van der Waals surface area contributed by atoms with Gasteiger partial charge in [0.2, 0.25) is 0 Å². The van der Waals surface area contributed by atoms with Gasteiger partial charge in [-0.3, -0.25) is 19.0 Å². The maximum absolute atomic E-state index is 12.1. The molecule has 1 rings (SSSR count). The molecule has 0 aliphatic carbocycles. The van der Waals surface area contributed by atoms with E-state index in [1.165, 1.54) is 30.8 Å². The number of esters is 1. The molecule has 0 unspecified atom stereocenters. The van der Waals surface area contributed by atoms with E-state index in [1.54, 1.807) is 13.8 Å². The highest BCUT2D eigenvalue weighted by Gasteiger charge is 2.37. The number of aromatic nitrogens is 2. The fourth-order valence-corrected chi connectivity index (χ4v) is 1.41. The fraction of sp³-hybridized carbons (Fsp3) is 0.538. The van der Waals surface area contributed by atoms with Crippen molar-refractivity contribution in [2.24, 2.45) is 5.41 Å². The van der Waals surface area contributed by atoms with E-state index in [0.29, 0.717) is 5.69 Å². The van der Waals surface area contributed by atoms with Gasteiger partial charge in [0.15, 0.2) is 5.78 Å². The molecule has 0 saturated heterocycles. The molecule has 1 aromatic heterocycles. The fourth-order valence-electron chi connectivity index (χ4n) is 1.41. The Morgan fingerprint density at radius 3 is 2.58 bits per heavy atom. The Labute approximate surface area is 111 Å². The standard InChI is InChI=1S/C13H18N2O4/c1-5-19-12(18)13(3,4)10(16)7-15-8-14-9(2)6-11(15)17/h6,8H,5,7H2,1-4H3. The zero-order valence-electron chi connectivity index (χ0n) is 11.6. The van der Waals surface area contributed by atoms with Gasteiger partial charge < -0.3 is 4.74 Å². The summed E-state index contributed by atoms with van der Waals surface area (Å²) in [5, 5.41) is 0. The molecule has 0 aromatic carbocycles. The van der Waals surface area contributed by atoms with Crippen molar-refractivity contribution in [2.45, 2.75) is 34.2 Å². The van der Waals surface area contributed by atoms with Crippen molar-refractivity contribution in [3.63, 3.8) is 0 Å². The van der Waals surface area contributed by atoms with Crippen molar-refractivity contribution >= 4 is 11.8 Å². The number of Topliss-reactive ketones (excluding diaryl/α,β-unsaturated/α-hetero) is 1. The quantitative estimate of drug-likeness (QED) is 0.579. The lowest BCUT2D eigenvalue weighted by Gasteiger charge is -2.21. The second-order valence-corrected chi connectivity index (χ2v) is 4.77. The van der Waals surface area contributed by atoms with E-state index in [2.05, 4.69) is 4.98 Å². The van der Waals surface area contributed by atoms with Crippen LogP contribution in [-0.4, -0.2) is 27.9 Å². The summed E-state index contributed by atoms with van der Waals surface area (Å²) in [6.07, 6.45) is 1.30. The Morgan fingerprint density at radius 1 is 1.42 bits per heavy atom. The Hall–Kier alpha value is -1.98. The molecular weight excluding hydrogens is 248 g/mol. The molecule has 6 heteroatoms. The summed E-state index contributed by atoms with van der Waals surface area (Å²) in [5.41, 5.74) is -1.01. The molecule has 0 spiro atoms. The summed E-state index contributed by atoms with van der Waals surface area (Å²) in [6.45, 7) is 6.35. The molecule has 0 saturated carbocycles. The monoisotopic (exact) mass is 266 g/mol. The van der Waals surface area contributed by atoms with Crippen LogP contribution in [0.5, 0.6) is 0 Å².